The summed E-state index contributed by atoms with van der Waals surface area (Å²) < 4.78 is 0. The quantitative estimate of drug-likeness (QED) is 0.818. The number of rotatable bonds is 5. The number of hydrogen-bond donors (Lipinski definition) is 2. The molecule has 0 bridgehead atoms. The van der Waals surface area contributed by atoms with Crippen molar-refractivity contribution in [2.75, 3.05) is 13.1 Å². The Kier molecular flexibility index (Phi) is 3.84. The number of nitrogens with one attached hydrogen (secondary N) is 1. The third-order valence-electron chi connectivity index (χ3n) is 5.76. The molecule has 2 aliphatic carbocycles. The van der Waals surface area contributed by atoms with E-state index in [0.717, 1.165) is 32.1 Å². The maximum absolute atomic E-state index is 12.4. The molecule has 0 aromatic rings. The zero-order chi connectivity index (χ0) is 15.0. The van der Waals surface area contributed by atoms with Gasteiger partial charge in [0.25, 0.3) is 0 Å². The van der Waals surface area contributed by atoms with Gasteiger partial charge in [0.15, 0.2) is 0 Å². The van der Waals surface area contributed by atoms with Crippen molar-refractivity contribution in [1.29, 1.82) is 0 Å². The summed E-state index contributed by atoms with van der Waals surface area (Å²) in [6.45, 7) is 3.50. The van der Waals surface area contributed by atoms with Gasteiger partial charge in [-0.3, -0.25) is 0 Å². The molecule has 2 amide bonds. The standard InChI is InChI=1S/C16H26N2O3/c1-2-6-16(7-8-16)10-17-15(21)18-9-11-4-3-5-12(11)13(18)14(19)20/h11-13H,2-10H2,1H3,(H,17,21)(H,19,20). The van der Waals surface area contributed by atoms with E-state index in [1.54, 1.807) is 4.90 Å². The van der Waals surface area contributed by atoms with Gasteiger partial charge in [0.05, 0.1) is 0 Å². The molecule has 3 rings (SSSR count). The van der Waals surface area contributed by atoms with E-state index < -0.39 is 12.0 Å². The zero-order valence-corrected chi connectivity index (χ0v) is 12.8. The monoisotopic (exact) mass is 294 g/mol. The van der Waals surface area contributed by atoms with E-state index >= 15 is 0 Å². The van der Waals surface area contributed by atoms with Crippen LogP contribution in [0.15, 0.2) is 0 Å². The first-order chi connectivity index (χ1) is 10.1. The van der Waals surface area contributed by atoms with Crippen LogP contribution < -0.4 is 5.32 Å². The molecule has 0 radical (unpaired) electrons. The number of carbonyl (C=O) groups is 2. The van der Waals surface area contributed by atoms with Crippen LogP contribution in [0.2, 0.25) is 0 Å². The molecular weight excluding hydrogens is 268 g/mol. The third kappa shape index (κ3) is 2.74. The highest BCUT2D eigenvalue weighted by Crippen LogP contribution is 2.49. The van der Waals surface area contributed by atoms with E-state index in [2.05, 4.69) is 12.2 Å². The second-order valence-electron chi connectivity index (χ2n) is 7.20. The summed E-state index contributed by atoms with van der Waals surface area (Å²) in [5, 5.41) is 12.5. The lowest BCUT2D eigenvalue weighted by atomic mass is 9.94. The largest absolute Gasteiger partial charge is 0.480 e. The van der Waals surface area contributed by atoms with Crippen LogP contribution in [-0.4, -0.2) is 41.1 Å². The van der Waals surface area contributed by atoms with Crippen LogP contribution in [-0.2, 0) is 4.79 Å². The van der Waals surface area contributed by atoms with E-state index in [1.807, 2.05) is 0 Å². The van der Waals surface area contributed by atoms with Crippen molar-refractivity contribution >= 4 is 12.0 Å². The lowest BCUT2D eigenvalue weighted by Gasteiger charge is -2.26. The number of carbonyl (C=O) groups excluding carboxylic acids is 1. The number of carboxylic acids is 1. The first-order valence-corrected chi connectivity index (χ1v) is 8.33. The highest BCUT2D eigenvalue weighted by Gasteiger charge is 2.50. The lowest BCUT2D eigenvalue weighted by Crippen LogP contribution is -2.49. The van der Waals surface area contributed by atoms with Crippen LogP contribution >= 0.6 is 0 Å². The number of fused-ring (bicyclic) bond motifs is 1. The average molecular weight is 294 g/mol. The third-order valence-corrected chi connectivity index (χ3v) is 5.76. The summed E-state index contributed by atoms with van der Waals surface area (Å²) in [5.74, 6) is -0.282. The molecule has 3 unspecified atom stereocenters. The van der Waals surface area contributed by atoms with Crippen LogP contribution in [0.25, 0.3) is 0 Å². The smallest absolute Gasteiger partial charge is 0.326 e. The van der Waals surface area contributed by atoms with Crippen molar-refractivity contribution in [3.8, 4) is 0 Å². The number of amides is 2. The van der Waals surface area contributed by atoms with Crippen LogP contribution in [0, 0.1) is 17.3 Å². The van der Waals surface area contributed by atoms with Gasteiger partial charge in [-0.15, -0.1) is 0 Å². The summed E-state index contributed by atoms with van der Waals surface area (Å²) >= 11 is 0. The van der Waals surface area contributed by atoms with Crippen LogP contribution in [0.3, 0.4) is 0 Å². The van der Waals surface area contributed by atoms with Crippen molar-refractivity contribution in [2.24, 2.45) is 17.3 Å². The van der Waals surface area contributed by atoms with Gasteiger partial charge in [-0.05, 0) is 49.4 Å². The van der Waals surface area contributed by atoms with Crippen LogP contribution in [0.1, 0.15) is 51.9 Å². The number of nitrogens with zero attached hydrogens (tertiary/aromatic N) is 1. The molecule has 2 N–H and O–H groups in total. The Labute approximate surface area is 126 Å². The number of carboxylic acid groups (broad SMARTS) is 1. The predicted molar refractivity (Wildman–Crippen MR) is 78.9 cm³/mol. The molecule has 1 saturated heterocycles. The Bertz CT molecular complexity index is 433. The highest BCUT2D eigenvalue weighted by molar-refractivity contribution is 5.83. The summed E-state index contributed by atoms with van der Waals surface area (Å²) in [6.07, 6.45) is 7.79. The first-order valence-electron chi connectivity index (χ1n) is 8.33. The van der Waals surface area contributed by atoms with E-state index in [-0.39, 0.29) is 11.9 Å². The van der Waals surface area contributed by atoms with Crippen LogP contribution in [0.4, 0.5) is 4.79 Å². The molecular formula is C16H26N2O3. The summed E-state index contributed by atoms with van der Waals surface area (Å²) in [6, 6.07) is -0.780. The van der Waals surface area contributed by atoms with E-state index in [1.165, 1.54) is 12.8 Å². The Morgan fingerprint density at radius 1 is 1.33 bits per heavy atom. The van der Waals surface area contributed by atoms with Gasteiger partial charge in [0.1, 0.15) is 6.04 Å². The zero-order valence-electron chi connectivity index (χ0n) is 12.8. The Morgan fingerprint density at radius 3 is 2.71 bits per heavy atom. The van der Waals surface area contributed by atoms with E-state index in [0.29, 0.717) is 24.4 Å². The Hall–Kier alpha value is -1.26. The number of urea groups is 1. The minimum atomic E-state index is -0.839. The molecule has 0 aromatic carbocycles. The Morgan fingerprint density at radius 2 is 2.10 bits per heavy atom. The second kappa shape index (κ2) is 5.50. The van der Waals surface area contributed by atoms with Crippen molar-refractivity contribution in [2.45, 2.75) is 57.9 Å². The topological polar surface area (TPSA) is 69.6 Å². The molecule has 0 spiro atoms. The maximum Gasteiger partial charge on any atom is 0.326 e. The van der Waals surface area contributed by atoms with Gasteiger partial charge in [-0.2, -0.15) is 0 Å². The Balaban J connectivity index is 1.60. The molecule has 5 heteroatoms. The molecule has 1 heterocycles. The van der Waals surface area contributed by atoms with Gasteiger partial charge in [0.2, 0.25) is 0 Å². The van der Waals surface area contributed by atoms with Gasteiger partial charge in [-0.1, -0.05) is 19.8 Å². The van der Waals surface area contributed by atoms with Crippen molar-refractivity contribution in [1.82, 2.24) is 10.2 Å². The summed E-state index contributed by atoms with van der Waals surface area (Å²) in [5.41, 5.74) is 0.304. The van der Waals surface area contributed by atoms with Crippen molar-refractivity contribution in [3.63, 3.8) is 0 Å². The average Bonchev–Trinajstić information content (AvgIpc) is 2.90. The molecule has 118 valence electrons. The fourth-order valence-electron chi connectivity index (χ4n) is 4.42. The first kappa shape index (κ1) is 14.7. The van der Waals surface area contributed by atoms with E-state index in [9.17, 15) is 14.7 Å². The minimum Gasteiger partial charge on any atom is -0.480 e. The number of likely N-dealkylation sites (tertiary alicyclic amines) is 1. The van der Waals surface area contributed by atoms with Crippen LogP contribution in [0.5, 0.6) is 0 Å². The van der Waals surface area contributed by atoms with Crippen molar-refractivity contribution in [3.05, 3.63) is 0 Å². The van der Waals surface area contributed by atoms with E-state index in [4.69, 9.17) is 0 Å². The predicted octanol–water partition coefficient (Wildman–Crippen LogP) is 2.46. The van der Waals surface area contributed by atoms with Gasteiger partial charge in [-0.25, -0.2) is 9.59 Å². The fourth-order valence-corrected chi connectivity index (χ4v) is 4.42. The second-order valence-corrected chi connectivity index (χ2v) is 7.20. The molecule has 3 fully saturated rings. The molecule has 3 aliphatic rings. The SMILES string of the molecule is CCCC1(CNC(=O)N2CC3CCCC3C2C(=O)O)CC1. The minimum absolute atomic E-state index is 0.166. The molecule has 21 heavy (non-hydrogen) atoms. The highest BCUT2D eigenvalue weighted by atomic mass is 16.4. The van der Waals surface area contributed by atoms with Gasteiger partial charge < -0.3 is 15.3 Å². The normalized spacial score (nSPS) is 32.8. The van der Waals surface area contributed by atoms with Crippen molar-refractivity contribution < 1.29 is 14.7 Å². The summed E-state index contributed by atoms with van der Waals surface area (Å²) in [4.78, 5) is 25.6. The summed E-state index contributed by atoms with van der Waals surface area (Å²) in [7, 11) is 0. The molecule has 3 atom stereocenters. The number of hydrogen-bond acceptors (Lipinski definition) is 2. The molecule has 0 aromatic heterocycles. The molecule has 1 aliphatic heterocycles. The number of aliphatic carboxylic acids is 1. The molecule has 2 saturated carbocycles. The molecule has 5 nitrogen and oxygen atoms in total. The lowest BCUT2D eigenvalue weighted by molar-refractivity contribution is -0.142. The maximum atomic E-state index is 12.4. The van der Waals surface area contributed by atoms with Gasteiger partial charge >= 0.3 is 12.0 Å². The fraction of sp³-hybridized carbons (Fsp3) is 0.875. The van der Waals surface area contributed by atoms with Gasteiger partial charge in [0, 0.05) is 13.1 Å².